The number of ether oxygens (including phenoxy) is 1. The Morgan fingerprint density at radius 1 is 1.09 bits per heavy atom. The second-order valence-corrected chi connectivity index (χ2v) is 6.99. The number of rotatable bonds is 8. The van der Waals surface area contributed by atoms with E-state index in [-0.39, 0.29) is 31.1 Å². The van der Waals surface area contributed by atoms with Crippen molar-refractivity contribution in [2.24, 2.45) is 0 Å². The summed E-state index contributed by atoms with van der Waals surface area (Å²) in [5.74, 6) is -0.920. The van der Waals surface area contributed by atoms with Gasteiger partial charge in [-0.3, -0.25) is 9.20 Å². The van der Waals surface area contributed by atoms with E-state index in [1.165, 1.54) is 18.2 Å². The van der Waals surface area contributed by atoms with E-state index in [2.05, 4.69) is 20.6 Å². The zero-order valence-electron chi connectivity index (χ0n) is 17.3. The number of aromatic nitrogens is 3. The van der Waals surface area contributed by atoms with E-state index in [4.69, 9.17) is 4.74 Å². The molecule has 0 atom stereocenters. The molecule has 4 rings (SSSR count). The van der Waals surface area contributed by atoms with Gasteiger partial charge in [-0.1, -0.05) is 18.2 Å². The fraction of sp³-hybridized carbons (Fsp3) is 0.174. The van der Waals surface area contributed by atoms with Crippen molar-refractivity contribution >= 4 is 23.1 Å². The number of benzene rings is 2. The Kier molecular flexibility index (Phi) is 6.37. The fourth-order valence-electron chi connectivity index (χ4n) is 3.34. The number of anilines is 2. The lowest BCUT2D eigenvalue weighted by Gasteiger charge is -2.09. The van der Waals surface area contributed by atoms with Crippen LogP contribution in [0.1, 0.15) is 5.56 Å². The first-order chi connectivity index (χ1) is 15.6. The molecule has 4 aromatic rings. The number of nitrogens with zero attached hydrogens (tertiary/aromatic N) is 3. The van der Waals surface area contributed by atoms with Crippen molar-refractivity contribution in [3.63, 3.8) is 0 Å². The largest absolute Gasteiger partial charge is 0.371 e. The van der Waals surface area contributed by atoms with Crippen LogP contribution in [0, 0.1) is 11.6 Å². The summed E-state index contributed by atoms with van der Waals surface area (Å²) >= 11 is 0. The van der Waals surface area contributed by atoms with Gasteiger partial charge >= 0.3 is 0 Å². The van der Waals surface area contributed by atoms with Crippen LogP contribution in [0.2, 0.25) is 0 Å². The maximum atomic E-state index is 13.6. The van der Waals surface area contributed by atoms with Crippen molar-refractivity contribution in [1.29, 1.82) is 0 Å². The predicted molar refractivity (Wildman–Crippen MR) is 117 cm³/mol. The number of hydrogen-bond acceptors (Lipinski definition) is 5. The molecule has 32 heavy (non-hydrogen) atoms. The van der Waals surface area contributed by atoms with E-state index in [9.17, 15) is 13.6 Å². The zero-order valence-corrected chi connectivity index (χ0v) is 17.3. The fourth-order valence-corrected chi connectivity index (χ4v) is 3.34. The van der Waals surface area contributed by atoms with Gasteiger partial charge in [-0.05, 0) is 24.3 Å². The smallest absolute Gasteiger partial charge is 0.250 e. The van der Waals surface area contributed by atoms with Gasteiger partial charge in [-0.15, -0.1) is 0 Å². The molecule has 0 unspecified atom stereocenters. The summed E-state index contributed by atoms with van der Waals surface area (Å²) < 4.78 is 34.4. The van der Waals surface area contributed by atoms with Crippen molar-refractivity contribution in [1.82, 2.24) is 14.4 Å². The van der Waals surface area contributed by atoms with E-state index in [1.54, 1.807) is 31.6 Å². The van der Waals surface area contributed by atoms with E-state index < -0.39 is 11.6 Å². The summed E-state index contributed by atoms with van der Waals surface area (Å²) in [6.45, 7) is -0.188. The van der Waals surface area contributed by atoms with Crippen LogP contribution < -0.4 is 10.6 Å². The minimum Gasteiger partial charge on any atom is -0.371 e. The molecular formula is C23H21F2N5O2. The first-order valence-corrected chi connectivity index (χ1v) is 9.97. The van der Waals surface area contributed by atoms with Crippen molar-refractivity contribution in [3.8, 4) is 11.3 Å². The summed E-state index contributed by atoms with van der Waals surface area (Å²) in [7, 11) is 1.79. The molecule has 7 nitrogen and oxygen atoms in total. The molecule has 9 heteroatoms. The van der Waals surface area contributed by atoms with Crippen molar-refractivity contribution in [2.45, 2.75) is 6.42 Å². The number of halogens is 2. The Labute approximate surface area is 183 Å². The van der Waals surface area contributed by atoms with Crippen LogP contribution in [0.25, 0.3) is 16.9 Å². The quantitative estimate of drug-likeness (QED) is 0.409. The number of hydrogen-bond donors (Lipinski definition) is 2. The second-order valence-electron chi connectivity index (χ2n) is 6.99. The number of carbonyl (C=O) groups excluding carboxylic acids is 1. The van der Waals surface area contributed by atoms with E-state index in [0.29, 0.717) is 11.5 Å². The summed E-state index contributed by atoms with van der Waals surface area (Å²) in [4.78, 5) is 20.8. The monoisotopic (exact) mass is 437 g/mol. The topological polar surface area (TPSA) is 80.5 Å². The number of amides is 1. The zero-order chi connectivity index (χ0) is 22.5. The summed E-state index contributed by atoms with van der Waals surface area (Å²) in [6, 6.07) is 11.0. The van der Waals surface area contributed by atoms with Gasteiger partial charge in [0, 0.05) is 42.7 Å². The third kappa shape index (κ3) is 4.57. The first kappa shape index (κ1) is 21.4. The van der Waals surface area contributed by atoms with Gasteiger partial charge in [-0.2, -0.15) is 0 Å². The Balaban J connectivity index is 1.32. The molecule has 0 saturated heterocycles. The van der Waals surface area contributed by atoms with Gasteiger partial charge in [0.1, 0.15) is 18.2 Å². The molecule has 0 fully saturated rings. The summed E-state index contributed by atoms with van der Waals surface area (Å²) in [5.41, 5.74) is 3.09. The second kappa shape index (κ2) is 9.52. The van der Waals surface area contributed by atoms with Crippen LogP contribution in [-0.4, -0.2) is 40.5 Å². The molecule has 0 saturated carbocycles. The van der Waals surface area contributed by atoms with Crippen molar-refractivity contribution in [3.05, 3.63) is 78.3 Å². The molecule has 0 aliphatic carbocycles. The molecular weight excluding hydrogens is 416 g/mol. The first-order valence-electron chi connectivity index (χ1n) is 9.97. The van der Waals surface area contributed by atoms with Crippen LogP contribution in [0.15, 0.2) is 61.1 Å². The molecule has 1 amide bonds. The Morgan fingerprint density at radius 3 is 2.56 bits per heavy atom. The Bertz CT molecular complexity index is 1220. The maximum Gasteiger partial charge on any atom is 0.250 e. The highest BCUT2D eigenvalue weighted by atomic mass is 19.1. The van der Waals surface area contributed by atoms with Crippen molar-refractivity contribution in [2.75, 3.05) is 30.9 Å². The van der Waals surface area contributed by atoms with Crippen LogP contribution in [0.5, 0.6) is 0 Å². The minimum absolute atomic E-state index is 0.0297. The minimum atomic E-state index is -0.623. The molecule has 0 spiro atoms. The third-order valence-electron chi connectivity index (χ3n) is 4.92. The van der Waals surface area contributed by atoms with E-state index >= 15 is 0 Å². The highest BCUT2D eigenvalue weighted by Crippen LogP contribution is 2.24. The summed E-state index contributed by atoms with van der Waals surface area (Å²) in [5, 5.41) is 5.75. The van der Waals surface area contributed by atoms with Gasteiger partial charge in [0.15, 0.2) is 11.5 Å². The maximum absolute atomic E-state index is 13.6. The van der Waals surface area contributed by atoms with Gasteiger partial charge in [0.25, 0.3) is 0 Å². The van der Waals surface area contributed by atoms with Gasteiger partial charge in [0.05, 0.1) is 18.5 Å². The SMILES string of the molecule is CNc1nccn2c(-c3ccc(NC(=O)COCCc4c(F)cccc4F)cc3)cnc12. The number of fused-ring (bicyclic) bond motifs is 1. The lowest BCUT2D eigenvalue weighted by molar-refractivity contribution is -0.120. The Morgan fingerprint density at radius 2 is 1.84 bits per heavy atom. The number of nitrogens with one attached hydrogen (secondary N) is 2. The molecule has 164 valence electrons. The molecule has 2 aromatic heterocycles. The predicted octanol–water partition coefficient (Wildman–Crippen LogP) is 3.91. The van der Waals surface area contributed by atoms with Gasteiger partial charge in [0.2, 0.25) is 5.91 Å². The highest BCUT2D eigenvalue weighted by molar-refractivity contribution is 5.92. The number of imidazole rings is 1. The third-order valence-corrected chi connectivity index (χ3v) is 4.92. The standard InChI is InChI=1S/C23H21F2N5O2/c1-26-22-23-28-13-20(30(23)11-10-27-22)15-5-7-16(8-6-15)29-21(31)14-32-12-9-17-18(24)3-2-4-19(17)25/h2-8,10-11,13H,9,12,14H2,1H3,(H,26,27)(H,29,31). The van der Waals surface area contributed by atoms with Crippen LogP contribution in [0.4, 0.5) is 20.3 Å². The van der Waals surface area contributed by atoms with Crippen LogP contribution in [0.3, 0.4) is 0 Å². The van der Waals surface area contributed by atoms with Gasteiger partial charge < -0.3 is 15.4 Å². The molecule has 2 N–H and O–H groups in total. The summed E-state index contributed by atoms with van der Waals surface area (Å²) in [6.07, 6.45) is 5.33. The van der Waals surface area contributed by atoms with E-state index in [1.807, 2.05) is 22.7 Å². The van der Waals surface area contributed by atoms with Crippen LogP contribution >= 0.6 is 0 Å². The molecule has 0 aliphatic heterocycles. The molecule has 2 aromatic carbocycles. The molecule has 0 aliphatic rings. The van der Waals surface area contributed by atoms with E-state index in [0.717, 1.165) is 16.9 Å². The molecule has 0 radical (unpaired) electrons. The average molecular weight is 437 g/mol. The van der Waals surface area contributed by atoms with Gasteiger partial charge in [-0.25, -0.2) is 18.7 Å². The van der Waals surface area contributed by atoms with Crippen molar-refractivity contribution < 1.29 is 18.3 Å². The lowest BCUT2D eigenvalue weighted by Crippen LogP contribution is -2.19. The number of carbonyl (C=O) groups is 1. The lowest BCUT2D eigenvalue weighted by atomic mass is 10.1. The van der Waals surface area contributed by atoms with Crippen LogP contribution in [-0.2, 0) is 16.0 Å². The normalized spacial score (nSPS) is 11.0. The Hall–Kier alpha value is -3.85. The average Bonchev–Trinajstić information content (AvgIpc) is 3.23. The highest BCUT2D eigenvalue weighted by Gasteiger charge is 2.11. The molecule has 2 heterocycles. The molecule has 0 bridgehead atoms.